The van der Waals surface area contributed by atoms with Gasteiger partial charge in [0.1, 0.15) is 18.1 Å². The molecule has 0 spiro atoms. The molecule has 4 rings (SSSR count). The molecule has 0 aliphatic carbocycles. The van der Waals surface area contributed by atoms with Gasteiger partial charge < -0.3 is 5.32 Å². The van der Waals surface area contributed by atoms with Crippen LogP contribution < -0.4 is 10.2 Å². The molecule has 3 aromatic carbocycles. The molecule has 0 radical (unpaired) electrons. The minimum absolute atomic E-state index is 0.0405. The lowest BCUT2D eigenvalue weighted by molar-refractivity contribution is -0.127. The normalized spacial score (nSPS) is 12.0. The van der Waals surface area contributed by atoms with E-state index in [4.69, 9.17) is 0 Å². The molecule has 1 N–H and O–H groups in total. The van der Waals surface area contributed by atoms with Gasteiger partial charge in [0.25, 0.3) is 0 Å². The van der Waals surface area contributed by atoms with Gasteiger partial charge in [0, 0.05) is 12.2 Å². The van der Waals surface area contributed by atoms with Crippen molar-refractivity contribution < 1.29 is 9.59 Å². The molecule has 36 heavy (non-hydrogen) atoms. The summed E-state index contributed by atoms with van der Waals surface area (Å²) in [5.74, 6) is 0.0172. The second-order valence-electron chi connectivity index (χ2n) is 9.27. The number of rotatable bonds is 10. The molecule has 1 atom stereocenters. The summed E-state index contributed by atoms with van der Waals surface area (Å²) < 4.78 is 1.60. The molecule has 7 nitrogen and oxygen atoms in total. The molecular weight excluding hydrogens is 450 g/mol. The summed E-state index contributed by atoms with van der Waals surface area (Å²) in [7, 11) is 0. The number of anilines is 1. The van der Waals surface area contributed by atoms with Crippen LogP contribution >= 0.6 is 0 Å². The molecule has 1 heterocycles. The zero-order chi connectivity index (χ0) is 25.5. The van der Waals surface area contributed by atoms with Crippen molar-refractivity contribution in [1.29, 1.82) is 0 Å². The number of hydrogen-bond acceptors (Lipinski definition) is 4. The van der Waals surface area contributed by atoms with Gasteiger partial charge in [-0.1, -0.05) is 86.6 Å². The van der Waals surface area contributed by atoms with E-state index in [1.807, 2.05) is 85.8 Å². The summed E-state index contributed by atoms with van der Waals surface area (Å²) >= 11 is 0. The number of carbonyl (C=O) groups excluding carboxylic acids is 2. The van der Waals surface area contributed by atoms with E-state index in [1.54, 1.807) is 9.58 Å². The first-order chi connectivity index (χ1) is 17.5. The second kappa shape index (κ2) is 11.6. The number of hydrogen-bond donors (Lipinski definition) is 1. The predicted octanol–water partition coefficient (Wildman–Crippen LogP) is 4.93. The van der Waals surface area contributed by atoms with Gasteiger partial charge in [-0.15, -0.1) is 5.10 Å². The largest absolute Gasteiger partial charge is 0.354 e. The van der Waals surface area contributed by atoms with E-state index in [-0.39, 0.29) is 18.4 Å². The van der Waals surface area contributed by atoms with Crippen LogP contribution in [0.3, 0.4) is 0 Å². The predicted molar refractivity (Wildman–Crippen MR) is 142 cm³/mol. The summed E-state index contributed by atoms with van der Waals surface area (Å²) in [6.07, 6.45) is 1.58. The lowest BCUT2D eigenvalue weighted by atomic mass is 10.0. The molecule has 0 aliphatic rings. The Kier molecular flexibility index (Phi) is 8.10. The van der Waals surface area contributed by atoms with Gasteiger partial charge in [0.15, 0.2) is 0 Å². The van der Waals surface area contributed by atoms with Crippen molar-refractivity contribution >= 4 is 28.5 Å². The van der Waals surface area contributed by atoms with Crippen LogP contribution in [0.25, 0.3) is 11.0 Å². The van der Waals surface area contributed by atoms with E-state index < -0.39 is 6.04 Å². The number of fused-ring (bicyclic) bond motifs is 1. The number of nitrogens with one attached hydrogen (secondary N) is 1. The third-order valence-corrected chi connectivity index (χ3v) is 6.25. The minimum atomic E-state index is -0.826. The van der Waals surface area contributed by atoms with Gasteiger partial charge in [0.2, 0.25) is 11.8 Å². The summed E-state index contributed by atoms with van der Waals surface area (Å²) in [4.78, 5) is 29.4. The quantitative estimate of drug-likeness (QED) is 0.347. The molecule has 186 valence electrons. The first kappa shape index (κ1) is 25.1. The van der Waals surface area contributed by atoms with Crippen molar-refractivity contribution in [3.8, 4) is 0 Å². The Morgan fingerprint density at radius 3 is 2.39 bits per heavy atom. The van der Waals surface area contributed by atoms with Crippen LogP contribution in [-0.2, 0) is 22.6 Å². The van der Waals surface area contributed by atoms with Crippen LogP contribution in [-0.4, -0.2) is 33.4 Å². The Labute approximate surface area is 212 Å². The van der Waals surface area contributed by atoms with Gasteiger partial charge in [-0.05, 0) is 48.1 Å². The van der Waals surface area contributed by atoms with Crippen molar-refractivity contribution in [3.05, 3.63) is 90.0 Å². The smallest absolute Gasteiger partial charge is 0.249 e. The summed E-state index contributed by atoms with van der Waals surface area (Å²) in [6, 6.07) is 24.0. The van der Waals surface area contributed by atoms with Gasteiger partial charge in [-0.25, -0.2) is 4.68 Å². The van der Waals surface area contributed by atoms with Crippen LogP contribution in [0.4, 0.5) is 5.69 Å². The van der Waals surface area contributed by atoms with Gasteiger partial charge >= 0.3 is 0 Å². The summed E-state index contributed by atoms with van der Waals surface area (Å²) in [5.41, 5.74) is 3.96. The molecule has 0 saturated heterocycles. The van der Waals surface area contributed by atoms with Gasteiger partial charge in [0.05, 0.1) is 5.52 Å². The number of aryl methyl sites for hydroxylation is 1. The van der Waals surface area contributed by atoms with E-state index in [0.29, 0.717) is 12.5 Å². The molecule has 0 fully saturated rings. The topological polar surface area (TPSA) is 80.1 Å². The average molecular weight is 484 g/mol. The third kappa shape index (κ3) is 5.62. The fourth-order valence-corrected chi connectivity index (χ4v) is 4.33. The standard InChI is InChI=1S/C29H33N5O2/c1-4-22-12-8-10-16-25(22)34(27(35)20-33-26-17-11-9-15-24(26)31-32-33)28(23-13-6-5-7-14-23)29(36)30-19-18-21(2)3/h5-17,21,28H,4,18-20H2,1-3H3,(H,30,36). The van der Waals surface area contributed by atoms with Crippen LogP contribution in [0.15, 0.2) is 78.9 Å². The molecule has 1 unspecified atom stereocenters. The number of aromatic nitrogens is 3. The second-order valence-corrected chi connectivity index (χ2v) is 9.27. The van der Waals surface area contributed by atoms with Crippen LogP contribution in [0.2, 0.25) is 0 Å². The zero-order valence-electron chi connectivity index (χ0n) is 21.1. The maximum Gasteiger partial charge on any atom is 0.249 e. The molecule has 0 aliphatic heterocycles. The molecule has 0 saturated carbocycles. The fraction of sp³-hybridized carbons (Fsp3) is 0.310. The first-order valence-corrected chi connectivity index (χ1v) is 12.5. The van der Waals surface area contributed by atoms with Crippen LogP contribution in [0, 0.1) is 5.92 Å². The molecule has 4 aromatic rings. The Balaban J connectivity index is 1.78. The molecular formula is C29H33N5O2. The van der Waals surface area contributed by atoms with Crippen LogP contribution in [0.1, 0.15) is 44.4 Å². The number of para-hydroxylation sites is 2. The minimum Gasteiger partial charge on any atom is -0.354 e. The lowest BCUT2D eigenvalue weighted by Gasteiger charge is -2.33. The average Bonchev–Trinajstić information content (AvgIpc) is 3.30. The number of carbonyl (C=O) groups is 2. The SMILES string of the molecule is CCc1ccccc1N(C(=O)Cn1nnc2ccccc21)C(C(=O)NCCC(C)C)c1ccccc1. The van der Waals surface area contributed by atoms with Crippen LogP contribution in [0.5, 0.6) is 0 Å². The highest BCUT2D eigenvalue weighted by atomic mass is 16.2. The van der Waals surface area contributed by atoms with E-state index in [0.717, 1.165) is 40.7 Å². The number of nitrogens with zero attached hydrogens (tertiary/aromatic N) is 4. The van der Waals surface area contributed by atoms with Crippen molar-refractivity contribution in [3.63, 3.8) is 0 Å². The summed E-state index contributed by atoms with van der Waals surface area (Å²) in [6.45, 7) is 6.80. The molecule has 2 amide bonds. The van der Waals surface area contributed by atoms with Crippen molar-refractivity contribution in [2.24, 2.45) is 5.92 Å². The highest BCUT2D eigenvalue weighted by molar-refractivity contribution is 6.02. The monoisotopic (exact) mass is 483 g/mol. The van der Waals surface area contributed by atoms with E-state index in [1.165, 1.54) is 0 Å². The number of benzene rings is 3. The van der Waals surface area contributed by atoms with E-state index in [9.17, 15) is 9.59 Å². The molecule has 7 heteroatoms. The van der Waals surface area contributed by atoms with Crippen molar-refractivity contribution in [2.45, 2.75) is 46.2 Å². The van der Waals surface area contributed by atoms with Crippen molar-refractivity contribution in [2.75, 3.05) is 11.4 Å². The highest BCUT2D eigenvalue weighted by Crippen LogP contribution is 2.31. The van der Waals surface area contributed by atoms with Crippen molar-refractivity contribution in [1.82, 2.24) is 20.3 Å². The Hall–Kier alpha value is -4.00. The van der Waals surface area contributed by atoms with E-state index in [2.05, 4.69) is 29.5 Å². The fourth-order valence-electron chi connectivity index (χ4n) is 4.33. The lowest BCUT2D eigenvalue weighted by Crippen LogP contribution is -2.46. The summed E-state index contributed by atoms with van der Waals surface area (Å²) in [5, 5.41) is 11.5. The van der Waals surface area contributed by atoms with Gasteiger partial charge in [-0.3, -0.25) is 14.5 Å². The maximum absolute atomic E-state index is 14.1. The Morgan fingerprint density at radius 1 is 0.944 bits per heavy atom. The van der Waals surface area contributed by atoms with Gasteiger partial charge in [-0.2, -0.15) is 0 Å². The highest BCUT2D eigenvalue weighted by Gasteiger charge is 2.34. The zero-order valence-corrected chi connectivity index (χ0v) is 21.1. The Bertz CT molecular complexity index is 1320. The Morgan fingerprint density at radius 2 is 1.64 bits per heavy atom. The van der Waals surface area contributed by atoms with E-state index >= 15 is 0 Å². The molecule has 1 aromatic heterocycles. The maximum atomic E-state index is 14.1. The third-order valence-electron chi connectivity index (χ3n) is 6.25. The first-order valence-electron chi connectivity index (χ1n) is 12.5. The number of amides is 2. The molecule has 0 bridgehead atoms.